The number of hydrogen-bond donors (Lipinski definition) is 3. The molecule has 1 saturated heterocycles. The van der Waals surface area contributed by atoms with Crippen LogP contribution in [0.5, 0.6) is 0 Å². The van der Waals surface area contributed by atoms with Crippen LogP contribution in [-0.4, -0.2) is 62.0 Å². The summed E-state index contributed by atoms with van der Waals surface area (Å²) in [6.07, 6.45) is 3.72. The van der Waals surface area contributed by atoms with E-state index in [-0.39, 0.29) is 25.5 Å². The number of amides is 1. The number of hydrogen-bond acceptors (Lipinski definition) is 6. The van der Waals surface area contributed by atoms with Crippen LogP contribution in [0, 0.1) is 0 Å². The average Bonchev–Trinajstić information content (AvgIpc) is 2.90. The molecule has 0 aromatic carbocycles. The van der Waals surface area contributed by atoms with Crippen molar-refractivity contribution >= 4 is 12.4 Å². The van der Waals surface area contributed by atoms with Crippen LogP contribution in [0.3, 0.4) is 0 Å². The van der Waals surface area contributed by atoms with Gasteiger partial charge in [-0.05, 0) is 32.9 Å². The fourth-order valence-corrected chi connectivity index (χ4v) is 2.67. The Labute approximate surface area is 135 Å². The van der Waals surface area contributed by atoms with E-state index in [9.17, 15) is 4.79 Å². The third-order valence-electron chi connectivity index (χ3n) is 3.70. The van der Waals surface area contributed by atoms with Gasteiger partial charge in [-0.2, -0.15) is 5.10 Å². The van der Waals surface area contributed by atoms with Crippen molar-refractivity contribution in [1.29, 1.82) is 0 Å². The van der Waals surface area contributed by atoms with Gasteiger partial charge in [-0.3, -0.25) is 14.5 Å². The molecule has 0 spiro atoms. The zero-order valence-corrected chi connectivity index (χ0v) is 13.4. The van der Waals surface area contributed by atoms with E-state index in [1.165, 1.54) is 19.3 Å². The summed E-state index contributed by atoms with van der Waals surface area (Å²) in [5.41, 5.74) is 5.19. The summed E-state index contributed by atoms with van der Waals surface area (Å²) in [7, 11) is 0. The topological polar surface area (TPSA) is 135 Å². The zero-order valence-electron chi connectivity index (χ0n) is 13.4. The number of primary amides is 1. The molecule has 1 aliphatic heterocycles. The Kier molecular flexibility index (Phi) is 8.20. The highest BCUT2D eigenvalue weighted by Crippen LogP contribution is 2.23. The van der Waals surface area contributed by atoms with Crippen LogP contribution in [0.1, 0.15) is 43.9 Å². The van der Waals surface area contributed by atoms with Crippen LogP contribution in [0.15, 0.2) is 0 Å². The minimum atomic E-state index is -0.441. The molecule has 4 N–H and O–H groups in total. The van der Waals surface area contributed by atoms with Crippen molar-refractivity contribution in [2.75, 3.05) is 19.7 Å². The average molecular weight is 327 g/mol. The first kappa shape index (κ1) is 19.0. The minimum Gasteiger partial charge on any atom is -0.483 e. The van der Waals surface area contributed by atoms with Gasteiger partial charge in [0.2, 0.25) is 5.91 Å². The van der Waals surface area contributed by atoms with Crippen molar-refractivity contribution in [3.63, 3.8) is 0 Å². The highest BCUT2D eigenvalue weighted by atomic mass is 16.3. The Morgan fingerprint density at radius 1 is 1.39 bits per heavy atom. The first-order valence-corrected chi connectivity index (χ1v) is 7.68. The summed E-state index contributed by atoms with van der Waals surface area (Å²) in [6.45, 7) is 4.34. The van der Waals surface area contributed by atoms with E-state index in [1.54, 1.807) is 4.68 Å². The summed E-state index contributed by atoms with van der Waals surface area (Å²) >= 11 is 0. The second kappa shape index (κ2) is 9.90. The molecule has 2 rings (SSSR count). The van der Waals surface area contributed by atoms with Crippen molar-refractivity contribution < 1.29 is 19.8 Å². The third-order valence-corrected chi connectivity index (χ3v) is 3.70. The summed E-state index contributed by atoms with van der Waals surface area (Å²) in [5.74, 6) is 0.797. The van der Waals surface area contributed by atoms with Crippen LogP contribution in [0.4, 0.5) is 0 Å². The highest BCUT2D eigenvalue weighted by molar-refractivity contribution is 5.75. The number of carboxylic acid groups (broad SMARTS) is 1. The molecule has 1 aromatic heterocycles. The quantitative estimate of drug-likeness (QED) is 0.602. The van der Waals surface area contributed by atoms with Crippen LogP contribution >= 0.6 is 0 Å². The third kappa shape index (κ3) is 5.95. The number of carbonyl (C=O) groups is 2. The number of aliphatic hydroxyl groups is 1. The fraction of sp³-hybridized carbons (Fsp3) is 0.714. The Bertz CT molecular complexity index is 499. The largest absolute Gasteiger partial charge is 0.483 e. The van der Waals surface area contributed by atoms with E-state index in [4.69, 9.17) is 20.7 Å². The summed E-state index contributed by atoms with van der Waals surface area (Å²) in [6, 6.07) is 0.135. The number of aromatic nitrogens is 3. The standard InChI is InChI=1S/C13H23N5O2.CH2O2/c1-10(17-5-3-2-4-6-17)13-15-12(9-11(14)20)16-18(13)7-8-19;2-1-3/h10,19H,2-9H2,1H3,(H2,14,20);1H,(H,2,3). The molecule has 9 nitrogen and oxygen atoms in total. The molecule has 0 radical (unpaired) electrons. The number of piperidine rings is 1. The number of likely N-dealkylation sites (tertiary alicyclic amines) is 1. The molecule has 1 aromatic rings. The predicted octanol–water partition coefficient (Wildman–Crippen LogP) is -0.454. The van der Waals surface area contributed by atoms with E-state index < -0.39 is 5.91 Å². The van der Waals surface area contributed by atoms with Crippen molar-refractivity contribution in [2.24, 2.45) is 5.73 Å². The van der Waals surface area contributed by atoms with Gasteiger partial charge in [-0.15, -0.1) is 0 Å². The second-order valence-electron chi connectivity index (χ2n) is 5.35. The molecule has 0 bridgehead atoms. The Balaban J connectivity index is 0.000000816. The molecule has 23 heavy (non-hydrogen) atoms. The first-order chi connectivity index (χ1) is 11.0. The Morgan fingerprint density at radius 3 is 2.52 bits per heavy atom. The van der Waals surface area contributed by atoms with Crippen molar-refractivity contribution in [3.05, 3.63) is 11.6 Å². The van der Waals surface area contributed by atoms with E-state index in [2.05, 4.69) is 21.9 Å². The normalized spacial score (nSPS) is 16.3. The molecule has 2 heterocycles. The van der Waals surface area contributed by atoms with Crippen LogP contribution in [-0.2, 0) is 22.6 Å². The van der Waals surface area contributed by atoms with Gasteiger partial charge in [0.15, 0.2) is 5.82 Å². The maximum absolute atomic E-state index is 11.0. The van der Waals surface area contributed by atoms with Gasteiger partial charge in [0.25, 0.3) is 6.47 Å². The SMILES string of the molecule is CC(c1nc(CC(N)=O)nn1CCO)N1CCCCC1.O=CO. The predicted molar refractivity (Wildman–Crippen MR) is 82.5 cm³/mol. The molecule has 1 aliphatic rings. The number of aliphatic hydroxyl groups excluding tert-OH is 1. The molecule has 0 saturated carbocycles. The van der Waals surface area contributed by atoms with Gasteiger partial charge in [-0.1, -0.05) is 6.42 Å². The number of nitrogens with two attached hydrogens (primary N) is 1. The van der Waals surface area contributed by atoms with Gasteiger partial charge in [-0.25, -0.2) is 9.67 Å². The van der Waals surface area contributed by atoms with Gasteiger partial charge in [0.05, 0.1) is 25.6 Å². The number of carbonyl (C=O) groups excluding carboxylic acids is 1. The number of nitrogens with zero attached hydrogens (tertiary/aromatic N) is 4. The lowest BCUT2D eigenvalue weighted by molar-refractivity contribution is -0.123. The molecule has 1 atom stereocenters. The van der Waals surface area contributed by atoms with Gasteiger partial charge in [0.1, 0.15) is 5.82 Å². The van der Waals surface area contributed by atoms with Crippen molar-refractivity contribution in [3.8, 4) is 0 Å². The molecular formula is C14H25N5O4. The summed E-state index contributed by atoms with van der Waals surface area (Å²) in [5, 5.41) is 20.3. The molecule has 1 unspecified atom stereocenters. The first-order valence-electron chi connectivity index (χ1n) is 7.68. The maximum Gasteiger partial charge on any atom is 0.290 e. The van der Waals surface area contributed by atoms with Crippen LogP contribution in [0.25, 0.3) is 0 Å². The van der Waals surface area contributed by atoms with Crippen molar-refractivity contribution in [2.45, 2.75) is 45.2 Å². The van der Waals surface area contributed by atoms with Gasteiger partial charge < -0.3 is 15.9 Å². The van der Waals surface area contributed by atoms with Gasteiger partial charge in [0, 0.05) is 0 Å². The monoisotopic (exact) mass is 327 g/mol. The Morgan fingerprint density at radius 2 is 2.00 bits per heavy atom. The lowest BCUT2D eigenvalue weighted by Gasteiger charge is -2.31. The van der Waals surface area contributed by atoms with E-state index in [1.807, 2.05) is 0 Å². The number of rotatable bonds is 6. The second-order valence-corrected chi connectivity index (χ2v) is 5.35. The van der Waals surface area contributed by atoms with E-state index in [0.717, 1.165) is 18.9 Å². The zero-order chi connectivity index (χ0) is 17.2. The van der Waals surface area contributed by atoms with E-state index >= 15 is 0 Å². The summed E-state index contributed by atoms with van der Waals surface area (Å²) < 4.78 is 1.69. The molecule has 130 valence electrons. The van der Waals surface area contributed by atoms with E-state index in [0.29, 0.717) is 12.4 Å². The lowest BCUT2D eigenvalue weighted by Crippen LogP contribution is -2.34. The smallest absolute Gasteiger partial charge is 0.290 e. The van der Waals surface area contributed by atoms with Gasteiger partial charge >= 0.3 is 0 Å². The summed E-state index contributed by atoms with van der Waals surface area (Å²) in [4.78, 5) is 26.2. The minimum absolute atomic E-state index is 0.000901. The molecule has 9 heteroatoms. The maximum atomic E-state index is 11.0. The molecule has 0 aliphatic carbocycles. The molecular weight excluding hydrogens is 302 g/mol. The van der Waals surface area contributed by atoms with Crippen molar-refractivity contribution in [1.82, 2.24) is 19.7 Å². The lowest BCUT2D eigenvalue weighted by atomic mass is 10.1. The fourth-order valence-electron chi connectivity index (χ4n) is 2.67. The molecule has 1 amide bonds. The van der Waals surface area contributed by atoms with Crippen LogP contribution in [0.2, 0.25) is 0 Å². The highest BCUT2D eigenvalue weighted by Gasteiger charge is 2.24. The molecule has 1 fully saturated rings. The Hall–Kier alpha value is -2.00. The van der Waals surface area contributed by atoms with Crippen LogP contribution < -0.4 is 5.73 Å².